The van der Waals surface area contributed by atoms with Crippen molar-refractivity contribution >= 4 is 35.1 Å². The first-order valence-corrected chi connectivity index (χ1v) is 5.99. The van der Waals surface area contributed by atoms with Gasteiger partial charge < -0.3 is 5.32 Å². The van der Waals surface area contributed by atoms with E-state index in [0.717, 1.165) is 17.2 Å². The second-order valence-electron chi connectivity index (χ2n) is 2.55. The number of H-pyrrole nitrogens is 1. The summed E-state index contributed by atoms with van der Waals surface area (Å²) in [4.78, 5) is 11.5. The zero-order valence-electron chi connectivity index (χ0n) is 6.82. The van der Waals surface area contributed by atoms with Crippen molar-refractivity contribution in [1.29, 1.82) is 0 Å². The third kappa shape index (κ3) is 2.19. The second kappa shape index (κ2) is 4.06. The first kappa shape index (κ1) is 8.96. The Balaban J connectivity index is 1.91. The van der Waals surface area contributed by atoms with Crippen LogP contribution in [0, 0.1) is 0 Å². The van der Waals surface area contributed by atoms with E-state index in [2.05, 4.69) is 15.5 Å². The number of hydrogen-bond acceptors (Lipinski definition) is 4. The van der Waals surface area contributed by atoms with Crippen molar-refractivity contribution in [3.05, 3.63) is 12.4 Å². The Kier molecular flexibility index (Phi) is 2.80. The van der Waals surface area contributed by atoms with E-state index < -0.39 is 0 Å². The molecule has 70 valence electrons. The van der Waals surface area contributed by atoms with Gasteiger partial charge in [0.2, 0.25) is 5.91 Å². The van der Waals surface area contributed by atoms with Crippen LogP contribution in [0.4, 0.5) is 5.69 Å². The highest BCUT2D eigenvalue weighted by molar-refractivity contribution is 8.21. The van der Waals surface area contributed by atoms with Gasteiger partial charge in [0.25, 0.3) is 0 Å². The number of hydrogen-bond donors (Lipinski definition) is 2. The zero-order valence-corrected chi connectivity index (χ0v) is 8.45. The summed E-state index contributed by atoms with van der Waals surface area (Å²) in [5, 5.41) is 9.19. The lowest BCUT2D eigenvalue weighted by atomic mass is 10.5. The van der Waals surface area contributed by atoms with Crippen molar-refractivity contribution in [2.24, 2.45) is 0 Å². The van der Waals surface area contributed by atoms with Crippen molar-refractivity contribution in [1.82, 2.24) is 10.2 Å². The summed E-state index contributed by atoms with van der Waals surface area (Å²) in [6.45, 7) is 0. The maximum atomic E-state index is 11.5. The molecule has 6 heteroatoms. The van der Waals surface area contributed by atoms with E-state index >= 15 is 0 Å². The lowest BCUT2D eigenvalue weighted by Crippen LogP contribution is -2.20. The zero-order chi connectivity index (χ0) is 9.10. The molecule has 2 rings (SSSR count). The monoisotopic (exact) mass is 215 g/mol. The molecule has 0 aromatic carbocycles. The highest BCUT2D eigenvalue weighted by atomic mass is 32.2. The van der Waals surface area contributed by atoms with Gasteiger partial charge >= 0.3 is 0 Å². The molecule has 1 saturated heterocycles. The van der Waals surface area contributed by atoms with Crippen molar-refractivity contribution in [2.45, 2.75) is 4.58 Å². The molecule has 4 nitrogen and oxygen atoms in total. The Hall–Kier alpha value is -0.620. The molecule has 0 saturated carbocycles. The number of rotatable bonds is 2. The molecular formula is C7H9N3OS2. The smallest absolute Gasteiger partial charge is 0.247 e. The molecule has 0 radical (unpaired) electrons. The van der Waals surface area contributed by atoms with E-state index in [1.54, 1.807) is 35.9 Å². The normalized spacial score (nSPS) is 17.5. The highest BCUT2D eigenvalue weighted by Crippen LogP contribution is 2.32. The minimum Gasteiger partial charge on any atom is -0.322 e. The van der Waals surface area contributed by atoms with Gasteiger partial charge in [-0.1, -0.05) is 0 Å². The number of nitrogens with zero attached hydrogens (tertiary/aromatic N) is 1. The molecule has 0 atom stereocenters. The fourth-order valence-corrected chi connectivity index (χ4v) is 3.61. The third-order valence-corrected chi connectivity index (χ3v) is 4.59. The average molecular weight is 215 g/mol. The van der Waals surface area contributed by atoms with Gasteiger partial charge in [0.1, 0.15) is 4.58 Å². The topological polar surface area (TPSA) is 57.8 Å². The van der Waals surface area contributed by atoms with Crippen LogP contribution in [0.25, 0.3) is 0 Å². The highest BCUT2D eigenvalue weighted by Gasteiger charge is 2.23. The van der Waals surface area contributed by atoms with Crippen LogP contribution in [0.15, 0.2) is 12.4 Å². The lowest BCUT2D eigenvalue weighted by Gasteiger charge is -2.06. The Morgan fingerprint density at radius 2 is 2.38 bits per heavy atom. The maximum absolute atomic E-state index is 11.5. The molecule has 13 heavy (non-hydrogen) atoms. The minimum absolute atomic E-state index is 0.0508. The SMILES string of the molecule is O=C(Nc1cn[nH]c1)C1SCCS1. The van der Waals surface area contributed by atoms with E-state index in [-0.39, 0.29) is 10.5 Å². The summed E-state index contributed by atoms with van der Waals surface area (Å²) < 4.78 is 0.0508. The maximum Gasteiger partial charge on any atom is 0.247 e. The van der Waals surface area contributed by atoms with Crippen molar-refractivity contribution in [2.75, 3.05) is 16.8 Å². The summed E-state index contributed by atoms with van der Waals surface area (Å²) in [6.07, 6.45) is 3.27. The Labute approximate surface area is 84.2 Å². The number of carbonyl (C=O) groups is 1. The van der Waals surface area contributed by atoms with E-state index in [4.69, 9.17) is 0 Å². The number of aromatic amines is 1. The van der Waals surface area contributed by atoms with Gasteiger partial charge in [0.15, 0.2) is 0 Å². The van der Waals surface area contributed by atoms with Crippen LogP contribution in [0.2, 0.25) is 0 Å². The largest absolute Gasteiger partial charge is 0.322 e. The molecule has 1 aliphatic rings. The molecule has 0 spiro atoms. The molecule has 0 unspecified atom stereocenters. The molecule has 1 aliphatic heterocycles. The molecule has 0 aliphatic carbocycles. The third-order valence-electron chi connectivity index (χ3n) is 1.60. The summed E-state index contributed by atoms with van der Waals surface area (Å²) >= 11 is 3.39. The van der Waals surface area contributed by atoms with E-state index in [1.165, 1.54) is 0 Å². The first-order chi connectivity index (χ1) is 6.36. The van der Waals surface area contributed by atoms with Gasteiger partial charge in [0, 0.05) is 17.7 Å². The van der Waals surface area contributed by atoms with Crippen LogP contribution in [-0.2, 0) is 4.79 Å². The average Bonchev–Trinajstić information content (AvgIpc) is 2.74. The first-order valence-electron chi connectivity index (χ1n) is 3.89. The summed E-state index contributed by atoms with van der Waals surface area (Å²) in [5.41, 5.74) is 0.734. The molecule has 1 amide bonds. The predicted octanol–water partition coefficient (Wildman–Crippen LogP) is 1.15. The van der Waals surface area contributed by atoms with Gasteiger partial charge in [-0.3, -0.25) is 9.89 Å². The number of nitrogens with one attached hydrogen (secondary N) is 2. The number of carbonyl (C=O) groups excluding carboxylic acids is 1. The minimum atomic E-state index is 0.0508. The van der Waals surface area contributed by atoms with Crippen LogP contribution in [0.5, 0.6) is 0 Å². The molecular weight excluding hydrogens is 206 g/mol. The summed E-state index contributed by atoms with van der Waals surface area (Å²) in [5.74, 6) is 2.19. The van der Waals surface area contributed by atoms with E-state index in [1.807, 2.05) is 0 Å². The van der Waals surface area contributed by atoms with E-state index in [9.17, 15) is 4.79 Å². The second-order valence-corrected chi connectivity index (χ2v) is 5.27. The summed E-state index contributed by atoms with van der Waals surface area (Å²) in [6, 6.07) is 0. The standard InChI is InChI=1S/C7H9N3OS2/c11-6(7-12-1-2-13-7)10-5-3-8-9-4-5/h3-4,7H,1-2H2,(H,8,9)(H,10,11). The van der Waals surface area contributed by atoms with Crippen molar-refractivity contribution in [3.8, 4) is 0 Å². The predicted molar refractivity (Wildman–Crippen MR) is 55.9 cm³/mol. The number of amides is 1. The molecule has 1 aromatic heterocycles. The van der Waals surface area contributed by atoms with Gasteiger partial charge in [0.05, 0.1) is 11.9 Å². The van der Waals surface area contributed by atoms with Crippen LogP contribution in [0.1, 0.15) is 0 Å². The molecule has 1 aromatic rings. The van der Waals surface area contributed by atoms with Gasteiger partial charge in [-0.05, 0) is 0 Å². The van der Waals surface area contributed by atoms with Gasteiger partial charge in [-0.15, -0.1) is 23.5 Å². The van der Waals surface area contributed by atoms with Crippen LogP contribution >= 0.6 is 23.5 Å². The Morgan fingerprint density at radius 1 is 1.62 bits per heavy atom. The lowest BCUT2D eigenvalue weighted by molar-refractivity contribution is -0.114. The molecule has 1 fully saturated rings. The number of aromatic nitrogens is 2. The van der Waals surface area contributed by atoms with Crippen molar-refractivity contribution < 1.29 is 4.79 Å². The Morgan fingerprint density at radius 3 is 3.00 bits per heavy atom. The van der Waals surface area contributed by atoms with Gasteiger partial charge in [-0.25, -0.2) is 0 Å². The number of thioether (sulfide) groups is 2. The molecule has 2 heterocycles. The molecule has 2 N–H and O–H groups in total. The molecule has 0 bridgehead atoms. The van der Waals surface area contributed by atoms with Gasteiger partial charge in [-0.2, -0.15) is 5.10 Å². The fraction of sp³-hybridized carbons (Fsp3) is 0.429. The number of anilines is 1. The van der Waals surface area contributed by atoms with Crippen LogP contribution in [0.3, 0.4) is 0 Å². The Bertz CT molecular complexity index is 282. The van der Waals surface area contributed by atoms with Crippen molar-refractivity contribution in [3.63, 3.8) is 0 Å². The fourth-order valence-electron chi connectivity index (χ4n) is 1.03. The van der Waals surface area contributed by atoms with E-state index in [0.29, 0.717) is 0 Å². The quantitative estimate of drug-likeness (QED) is 0.777. The summed E-state index contributed by atoms with van der Waals surface area (Å²) in [7, 11) is 0. The van der Waals surface area contributed by atoms with Crippen LogP contribution < -0.4 is 5.32 Å². The van der Waals surface area contributed by atoms with Crippen LogP contribution in [-0.4, -0.2) is 32.2 Å².